The Labute approximate surface area is 142 Å². The molecule has 122 valence electrons. The Bertz CT molecular complexity index is 808. The topological polar surface area (TPSA) is 63.0 Å². The third kappa shape index (κ3) is 4.42. The van der Waals surface area contributed by atoms with Crippen molar-refractivity contribution in [2.75, 3.05) is 5.75 Å². The molecule has 1 heterocycles. The molecular weight excluding hydrogens is 329 g/mol. The maximum Gasteiger partial charge on any atom is 0.236 e. The highest BCUT2D eigenvalue weighted by atomic mass is 32.2. The van der Waals surface area contributed by atoms with Crippen molar-refractivity contribution in [1.29, 1.82) is 0 Å². The molecule has 5 nitrogen and oxygen atoms in total. The van der Waals surface area contributed by atoms with Crippen LogP contribution in [0.25, 0.3) is 0 Å². The van der Waals surface area contributed by atoms with Crippen molar-refractivity contribution in [2.45, 2.75) is 6.61 Å². The standard InChI is InChI=1S/C17H14FN3O2S/c18-15-7-2-1-5-13(15)10-23-14-6-3-4-12(8-14)9-19-21-17-20-16(22)11-24-17/h1-9H,10-11H2,(H,20,21,22). The van der Waals surface area contributed by atoms with E-state index in [-0.39, 0.29) is 18.3 Å². The molecule has 0 radical (unpaired) electrons. The van der Waals surface area contributed by atoms with Crippen LogP contribution < -0.4 is 10.1 Å². The third-order valence-corrected chi connectivity index (χ3v) is 4.02. The maximum absolute atomic E-state index is 13.6. The zero-order chi connectivity index (χ0) is 16.8. The number of nitrogens with one attached hydrogen (secondary N) is 1. The van der Waals surface area contributed by atoms with Crippen molar-refractivity contribution >= 4 is 29.1 Å². The Hall–Kier alpha value is -2.67. The molecule has 1 aliphatic rings. The highest BCUT2D eigenvalue weighted by Gasteiger charge is 2.15. The molecule has 1 aliphatic heterocycles. The number of carbonyl (C=O) groups excluding carboxylic acids is 1. The lowest BCUT2D eigenvalue weighted by Gasteiger charge is -2.07. The summed E-state index contributed by atoms with van der Waals surface area (Å²) in [5.41, 5.74) is 1.29. The van der Waals surface area contributed by atoms with Crippen LogP contribution in [0.4, 0.5) is 4.39 Å². The van der Waals surface area contributed by atoms with E-state index in [1.807, 2.05) is 12.1 Å². The first kappa shape index (κ1) is 16.2. The van der Waals surface area contributed by atoms with Gasteiger partial charge in [-0.05, 0) is 23.8 Å². The lowest BCUT2D eigenvalue weighted by molar-refractivity contribution is -0.116. The smallest absolute Gasteiger partial charge is 0.236 e. The van der Waals surface area contributed by atoms with Gasteiger partial charge < -0.3 is 10.1 Å². The van der Waals surface area contributed by atoms with Crippen molar-refractivity contribution in [3.05, 3.63) is 65.5 Å². The summed E-state index contributed by atoms with van der Waals surface area (Å²) in [6.07, 6.45) is 1.56. The second-order valence-corrected chi connectivity index (χ2v) is 5.90. The van der Waals surface area contributed by atoms with Crippen molar-refractivity contribution in [3.8, 4) is 5.75 Å². The number of carbonyl (C=O) groups is 1. The Kier molecular flexibility index (Phi) is 5.22. The van der Waals surface area contributed by atoms with E-state index < -0.39 is 0 Å². The Morgan fingerprint density at radius 2 is 2.12 bits per heavy atom. The normalized spacial score (nSPS) is 15.9. The van der Waals surface area contributed by atoms with Gasteiger partial charge in [0.15, 0.2) is 5.17 Å². The van der Waals surface area contributed by atoms with Gasteiger partial charge in [-0.15, -0.1) is 5.10 Å². The van der Waals surface area contributed by atoms with Gasteiger partial charge in [0.1, 0.15) is 18.2 Å². The molecule has 1 saturated heterocycles. The van der Waals surface area contributed by atoms with Crippen LogP contribution in [0.1, 0.15) is 11.1 Å². The van der Waals surface area contributed by atoms with Crippen LogP contribution in [0, 0.1) is 5.82 Å². The average molecular weight is 343 g/mol. The summed E-state index contributed by atoms with van der Waals surface area (Å²) in [6.45, 7) is 0.151. The van der Waals surface area contributed by atoms with Gasteiger partial charge in [0.25, 0.3) is 0 Å². The van der Waals surface area contributed by atoms with Crippen molar-refractivity contribution in [3.63, 3.8) is 0 Å². The molecular formula is C17H14FN3O2S. The summed E-state index contributed by atoms with van der Waals surface area (Å²) in [5.74, 6) is 0.617. The van der Waals surface area contributed by atoms with Crippen LogP contribution >= 0.6 is 11.8 Å². The minimum Gasteiger partial charge on any atom is -0.489 e. The van der Waals surface area contributed by atoms with Gasteiger partial charge in [-0.3, -0.25) is 4.79 Å². The summed E-state index contributed by atoms with van der Waals surface area (Å²) < 4.78 is 19.2. The number of thioether (sulfide) groups is 1. The second-order valence-electron chi connectivity index (χ2n) is 4.94. The molecule has 2 aromatic rings. The lowest BCUT2D eigenvalue weighted by atomic mass is 10.2. The molecule has 0 atom stereocenters. The molecule has 1 N–H and O–H groups in total. The van der Waals surface area contributed by atoms with E-state index in [2.05, 4.69) is 15.5 Å². The largest absolute Gasteiger partial charge is 0.489 e. The molecule has 0 unspecified atom stereocenters. The average Bonchev–Trinajstić information content (AvgIpc) is 3.00. The predicted octanol–water partition coefficient (Wildman–Crippen LogP) is 2.96. The van der Waals surface area contributed by atoms with Crippen LogP contribution in [0.5, 0.6) is 5.75 Å². The first-order valence-corrected chi connectivity index (χ1v) is 8.19. The number of hydrogen-bond acceptors (Lipinski definition) is 5. The van der Waals surface area contributed by atoms with E-state index in [9.17, 15) is 9.18 Å². The van der Waals surface area contributed by atoms with Crippen molar-refractivity contribution in [1.82, 2.24) is 5.32 Å². The molecule has 1 amide bonds. The van der Waals surface area contributed by atoms with Gasteiger partial charge in [-0.1, -0.05) is 42.1 Å². The van der Waals surface area contributed by atoms with E-state index >= 15 is 0 Å². The fraction of sp³-hybridized carbons (Fsp3) is 0.118. The first-order chi connectivity index (χ1) is 11.7. The maximum atomic E-state index is 13.6. The lowest BCUT2D eigenvalue weighted by Crippen LogP contribution is -2.19. The van der Waals surface area contributed by atoms with Crippen molar-refractivity contribution < 1.29 is 13.9 Å². The quantitative estimate of drug-likeness (QED) is 0.671. The van der Waals surface area contributed by atoms with Gasteiger partial charge in [0.2, 0.25) is 5.91 Å². The molecule has 7 heteroatoms. The van der Waals surface area contributed by atoms with Crippen LogP contribution in [0.3, 0.4) is 0 Å². The van der Waals surface area contributed by atoms with Gasteiger partial charge in [0.05, 0.1) is 12.0 Å². The minimum absolute atomic E-state index is 0.0718. The molecule has 0 aromatic heterocycles. The Balaban J connectivity index is 1.62. The second kappa shape index (κ2) is 7.74. The Morgan fingerprint density at radius 3 is 2.92 bits per heavy atom. The molecule has 24 heavy (non-hydrogen) atoms. The molecule has 0 aliphatic carbocycles. The van der Waals surface area contributed by atoms with Crippen molar-refractivity contribution in [2.24, 2.45) is 10.2 Å². The summed E-state index contributed by atoms with van der Waals surface area (Å²) >= 11 is 1.31. The SMILES string of the molecule is O=C1CSC(=NN=Cc2cccc(OCc3ccccc3F)c2)N1. The van der Waals surface area contributed by atoms with Crippen LogP contribution in [0.2, 0.25) is 0 Å². The highest BCUT2D eigenvalue weighted by molar-refractivity contribution is 8.15. The highest BCUT2D eigenvalue weighted by Crippen LogP contribution is 2.16. The number of benzene rings is 2. The van der Waals surface area contributed by atoms with Gasteiger partial charge in [0, 0.05) is 5.56 Å². The summed E-state index contributed by atoms with van der Waals surface area (Å²) in [6, 6.07) is 13.7. The van der Waals surface area contributed by atoms with E-state index in [0.717, 1.165) is 5.56 Å². The van der Waals surface area contributed by atoms with E-state index in [0.29, 0.717) is 22.2 Å². The molecule has 0 spiro atoms. The summed E-state index contributed by atoms with van der Waals surface area (Å²) in [7, 11) is 0. The third-order valence-electron chi connectivity index (χ3n) is 3.15. The fourth-order valence-electron chi connectivity index (χ4n) is 1.99. The number of hydrogen-bond donors (Lipinski definition) is 1. The molecule has 2 aromatic carbocycles. The first-order valence-electron chi connectivity index (χ1n) is 7.21. The molecule has 0 saturated carbocycles. The molecule has 1 fully saturated rings. The van der Waals surface area contributed by atoms with Crippen LogP contribution in [-0.2, 0) is 11.4 Å². The zero-order valence-corrected chi connectivity index (χ0v) is 13.4. The minimum atomic E-state index is -0.290. The number of amidine groups is 1. The molecule has 3 rings (SSSR count). The van der Waals surface area contributed by atoms with Crippen LogP contribution in [0.15, 0.2) is 58.7 Å². The number of rotatable bonds is 5. The fourth-order valence-corrected chi connectivity index (χ4v) is 2.62. The molecule has 0 bridgehead atoms. The number of ether oxygens (including phenoxy) is 1. The Morgan fingerprint density at radius 1 is 1.25 bits per heavy atom. The van der Waals surface area contributed by atoms with Gasteiger partial charge in [-0.25, -0.2) is 4.39 Å². The predicted molar refractivity (Wildman–Crippen MR) is 92.8 cm³/mol. The zero-order valence-electron chi connectivity index (χ0n) is 12.6. The van der Waals surface area contributed by atoms with E-state index in [4.69, 9.17) is 4.74 Å². The van der Waals surface area contributed by atoms with E-state index in [1.165, 1.54) is 17.8 Å². The van der Waals surface area contributed by atoms with E-state index in [1.54, 1.807) is 36.5 Å². The van der Waals surface area contributed by atoms with Gasteiger partial charge >= 0.3 is 0 Å². The number of amides is 1. The summed E-state index contributed by atoms with van der Waals surface area (Å²) in [5, 5.41) is 11.0. The van der Waals surface area contributed by atoms with Crippen LogP contribution in [-0.4, -0.2) is 23.0 Å². The summed E-state index contributed by atoms with van der Waals surface area (Å²) in [4.78, 5) is 11.0. The van der Waals surface area contributed by atoms with Gasteiger partial charge in [-0.2, -0.15) is 5.10 Å². The number of nitrogens with zero attached hydrogens (tertiary/aromatic N) is 2. The monoisotopic (exact) mass is 343 g/mol. The number of halogens is 1.